The number of hydrogen-bond donors (Lipinski definition) is 2. The molecule has 108 valence electrons. The predicted octanol–water partition coefficient (Wildman–Crippen LogP) is 2.09. The average molecular weight is 284 g/mol. The molecule has 2 N–H and O–H groups in total. The first-order valence-corrected chi connectivity index (χ1v) is 6.42. The van der Waals surface area contributed by atoms with E-state index in [4.69, 9.17) is 4.74 Å². The summed E-state index contributed by atoms with van der Waals surface area (Å²) in [6, 6.07) is 14.2. The molecule has 0 saturated heterocycles. The molecule has 0 aromatic heterocycles. The van der Waals surface area contributed by atoms with E-state index < -0.39 is 0 Å². The number of phenols is 1. The number of hydrogen-bond acceptors (Lipinski definition) is 4. The van der Waals surface area contributed by atoms with Crippen LogP contribution in [0.1, 0.15) is 11.1 Å². The Hall–Kier alpha value is -2.82. The lowest BCUT2D eigenvalue weighted by Crippen LogP contribution is -2.19. The second kappa shape index (κ2) is 7.09. The summed E-state index contributed by atoms with van der Waals surface area (Å²) in [6.45, 7) is 0. The molecule has 0 atom stereocenters. The highest BCUT2D eigenvalue weighted by Gasteiger charge is 2.02. The van der Waals surface area contributed by atoms with Crippen LogP contribution in [-0.2, 0) is 11.2 Å². The van der Waals surface area contributed by atoms with Crippen molar-refractivity contribution in [3.05, 3.63) is 59.7 Å². The van der Waals surface area contributed by atoms with Crippen molar-refractivity contribution < 1.29 is 14.6 Å². The van der Waals surface area contributed by atoms with Gasteiger partial charge in [0.1, 0.15) is 0 Å². The maximum atomic E-state index is 11.7. The second-order valence-electron chi connectivity index (χ2n) is 4.39. The lowest BCUT2D eigenvalue weighted by Gasteiger charge is -2.03. The summed E-state index contributed by atoms with van der Waals surface area (Å²) in [5, 5.41) is 13.4. The number of hydrazone groups is 1. The minimum Gasteiger partial charge on any atom is -0.504 e. The molecule has 21 heavy (non-hydrogen) atoms. The van der Waals surface area contributed by atoms with E-state index in [0.717, 1.165) is 5.56 Å². The summed E-state index contributed by atoms with van der Waals surface area (Å²) >= 11 is 0. The minimum absolute atomic E-state index is 0.0581. The summed E-state index contributed by atoms with van der Waals surface area (Å²) in [7, 11) is 1.47. The highest BCUT2D eigenvalue weighted by atomic mass is 16.5. The maximum absolute atomic E-state index is 11.7. The number of phenolic OH excluding ortho intramolecular Hbond substituents is 1. The molecule has 2 rings (SSSR count). The van der Waals surface area contributed by atoms with Gasteiger partial charge >= 0.3 is 0 Å². The fourth-order valence-corrected chi connectivity index (χ4v) is 1.77. The third-order valence-corrected chi connectivity index (χ3v) is 2.81. The summed E-state index contributed by atoms with van der Waals surface area (Å²) in [5.74, 6) is 0.223. The van der Waals surface area contributed by atoms with Gasteiger partial charge < -0.3 is 9.84 Å². The van der Waals surface area contributed by atoms with Crippen LogP contribution < -0.4 is 10.2 Å². The van der Waals surface area contributed by atoms with E-state index >= 15 is 0 Å². The Morgan fingerprint density at radius 1 is 1.29 bits per heavy atom. The standard InChI is InChI=1S/C16H16N2O3/c1-21-15-9-13(7-8-14(15)19)11-17-18-16(20)10-12-5-3-2-4-6-12/h2-9,11,19H,10H2,1H3,(H,18,20)/b17-11-. The Bertz CT molecular complexity index is 639. The van der Waals surface area contributed by atoms with Crippen molar-refractivity contribution >= 4 is 12.1 Å². The number of rotatable bonds is 5. The number of benzene rings is 2. The number of nitrogens with one attached hydrogen (secondary N) is 1. The Kier molecular flexibility index (Phi) is 4.93. The van der Waals surface area contributed by atoms with E-state index in [1.54, 1.807) is 12.1 Å². The number of aromatic hydroxyl groups is 1. The van der Waals surface area contributed by atoms with E-state index in [1.807, 2.05) is 30.3 Å². The summed E-state index contributed by atoms with van der Waals surface area (Å²) in [4.78, 5) is 11.7. The molecule has 5 nitrogen and oxygen atoms in total. The Labute approximate surface area is 122 Å². The number of ether oxygens (including phenoxy) is 1. The van der Waals surface area contributed by atoms with Crippen molar-refractivity contribution in [2.24, 2.45) is 5.10 Å². The molecular formula is C16H16N2O3. The molecule has 0 bridgehead atoms. The predicted molar refractivity (Wildman–Crippen MR) is 80.5 cm³/mol. The molecule has 5 heteroatoms. The SMILES string of the molecule is COc1cc(/C=N\NC(=O)Cc2ccccc2)ccc1O. The molecular weight excluding hydrogens is 268 g/mol. The van der Waals surface area contributed by atoms with E-state index in [0.29, 0.717) is 11.3 Å². The summed E-state index contributed by atoms with van der Waals surface area (Å²) in [6.07, 6.45) is 1.77. The second-order valence-corrected chi connectivity index (χ2v) is 4.39. The van der Waals surface area contributed by atoms with E-state index in [2.05, 4.69) is 10.5 Å². The van der Waals surface area contributed by atoms with Gasteiger partial charge in [-0.05, 0) is 29.3 Å². The quantitative estimate of drug-likeness (QED) is 0.652. The number of amides is 1. The molecule has 0 fully saturated rings. The van der Waals surface area contributed by atoms with Crippen LogP contribution >= 0.6 is 0 Å². The van der Waals surface area contributed by atoms with Gasteiger partial charge in [0.25, 0.3) is 0 Å². The van der Waals surface area contributed by atoms with Crippen molar-refractivity contribution in [3.8, 4) is 11.5 Å². The zero-order chi connectivity index (χ0) is 15.1. The molecule has 2 aromatic rings. The first-order valence-electron chi connectivity index (χ1n) is 6.42. The third-order valence-electron chi connectivity index (χ3n) is 2.81. The summed E-state index contributed by atoms with van der Waals surface area (Å²) in [5.41, 5.74) is 4.10. The molecule has 0 spiro atoms. The average Bonchev–Trinajstić information content (AvgIpc) is 2.50. The first kappa shape index (κ1) is 14.6. The van der Waals surface area contributed by atoms with Gasteiger partial charge in [0.15, 0.2) is 11.5 Å². The summed E-state index contributed by atoms with van der Waals surface area (Å²) < 4.78 is 4.99. The minimum atomic E-state index is -0.191. The van der Waals surface area contributed by atoms with Crippen molar-refractivity contribution in [2.45, 2.75) is 6.42 Å². The van der Waals surface area contributed by atoms with Crippen LogP contribution in [0.2, 0.25) is 0 Å². The van der Waals surface area contributed by atoms with E-state index in [9.17, 15) is 9.90 Å². The number of carbonyl (C=O) groups excluding carboxylic acids is 1. The van der Waals surface area contributed by atoms with Gasteiger partial charge in [0, 0.05) is 0 Å². The van der Waals surface area contributed by atoms with E-state index in [-0.39, 0.29) is 18.1 Å². The Morgan fingerprint density at radius 2 is 2.05 bits per heavy atom. The zero-order valence-corrected chi connectivity index (χ0v) is 11.6. The van der Waals surface area contributed by atoms with Crippen molar-refractivity contribution in [3.63, 3.8) is 0 Å². The molecule has 1 amide bonds. The zero-order valence-electron chi connectivity index (χ0n) is 11.6. The fraction of sp³-hybridized carbons (Fsp3) is 0.125. The van der Waals surface area contributed by atoms with Gasteiger partial charge in [-0.25, -0.2) is 5.43 Å². The lowest BCUT2D eigenvalue weighted by molar-refractivity contribution is -0.120. The largest absolute Gasteiger partial charge is 0.504 e. The normalized spacial score (nSPS) is 10.5. The van der Waals surface area contributed by atoms with Gasteiger partial charge in [-0.15, -0.1) is 0 Å². The monoisotopic (exact) mass is 284 g/mol. The highest BCUT2D eigenvalue weighted by molar-refractivity contribution is 5.84. The van der Waals surface area contributed by atoms with Crippen LogP contribution in [0.5, 0.6) is 11.5 Å². The lowest BCUT2D eigenvalue weighted by atomic mass is 10.1. The van der Waals surface area contributed by atoms with Crippen molar-refractivity contribution in [1.29, 1.82) is 0 Å². The molecule has 0 saturated carbocycles. The molecule has 0 unspecified atom stereocenters. The van der Waals surface area contributed by atoms with Gasteiger partial charge in [0.05, 0.1) is 19.7 Å². The topological polar surface area (TPSA) is 70.9 Å². The van der Waals surface area contributed by atoms with E-state index in [1.165, 1.54) is 19.4 Å². The maximum Gasteiger partial charge on any atom is 0.244 e. The third kappa shape index (κ3) is 4.35. The fourth-order valence-electron chi connectivity index (χ4n) is 1.77. The van der Waals surface area contributed by atoms with Crippen LogP contribution in [0, 0.1) is 0 Å². The molecule has 0 aliphatic heterocycles. The van der Waals surface area contributed by atoms with Crippen LogP contribution in [0.25, 0.3) is 0 Å². The molecule has 0 aliphatic rings. The Balaban J connectivity index is 1.91. The highest BCUT2D eigenvalue weighted by Crippen LogP contribution is 2.25. The van der Waals surface area contributed by atoms with Gasteiger partial charge in [-0.1, -0.05) is 30.3 Å². The van der Waals surface area contributed by atoms with Crippen molar-refractivity contribution in [2.75, 3.05) is 7.11 Å². The van der Waals surface area contributed by atoms with Crippen molar-refractivity contribution in [1.82, 2.24) is 5.43 Å². The molecule has 0 radical (unpaired) electrons. The smallest absolute Gasteiger partial charge is 0.244 e. The van der Waals surface area contributed by atoms with Gasteiger partial charge in [-0.2, -0.15) is 5.10 Å². The first-order chi connectivity index (χ1) is 10.2. The molecule has 0 aliphatic carbocycles. The number of nitrogens with zero attached hydrogens (tertiary/aromatic N) is 1. The number of methoxy groups -OCH3 is 1. The van der Waals surface area contributed by atoms with Crippen LogP contribution in [0.15, 0.2) is 53.6 Å². The number of carbonyl (C=O) groups is 1. The van der Waals surface area contributed by atoms with Gasteiger partial charge in [0.2, 0.25) is 5.91 Å². The van der Waals surface area contributed by atoms with Crippen LogP contribution in [-0.4, -0.2) is 24.3 Å². The van der Waals surface area contributed by atoms with Crippen LogP contribution in [0.3, 0.4) is 0 Å². The van der Waals surface area contributed by atoms with Gasteiger partial charge in [-0.3, -0.25) is 4.79 Å². The Morgan fingerprint density at radius 3 is 2.76 bits per heavy atom. The van der Waals surface area contributed by atoms with Crippen LogP contribution in [0.4, 0.5) is 0 Å². The molecule has 0 heterocycles. The molecule has 2 aromatic carbocycles.